The summed E-state index contributed by atoms with van der Waals surface area (Å²) in [6, 6.07) is 7.03. The number of rotatable bonds is 5. The zero-order valence-electron chi connectivity index (χ0n) is 15.8. The fourth-order valence-corrected chi connectivity index (χ4v) is 3.88. The second kappa shape index (κ2) is 9.17. The number of nitrogens with zero attached hydrogens (tertiary/aromatic N) is 2. The molecule has 0 saturated heterocycles. The normalized spacial score (nSPS) is 18.8. The molecule has 9 nitrogen and oxygen atoms in total. The molecule has 1 fully saturated rings. The molecule has 0 spiro atoms. The van der Waals surface area contributed by atoms with Crippen molar-refractivity contribution in [3.8, 4) is 11.5 Å². The van der Waals surface area contributed by atoms with Crippen LogP contribution in [0, 0.1) is 0 Å². The third-order valence-electron chi connectivity index (χ3n) is 4.73. The highest BCUT2D eigenvalue weighted by Crippen LogP contribution is 2.35. The molecule has 2 heterocycles. The van der Waals surface area contributed by atoms with Gasteiger partial charge in [0.05, 0.1) is 5.75 Å². The third kappa shape index (κ3) is 5.20. The van der Waals surface area contributed by atoms with E-state index in [9.17, 15) is 9.59 Å². The smallest absolute Gasteiger partial charge is 0.321 e. The summed E-state index contributed by atoms with van der Waals surface area (Å²) in [7, 11) is 0. The highest BCUT2D eigenvalue weighted by molar-refractivity contribution is 7.99. The second-order valence-electron chi connectivity index (χ2n) is 6.92. The van der Waals surface area contributed by atoms with Crippen molar-refractivity contribution in [1.82, 2.24) is 20.8 Å². The Labute approximate surface area is 171 Å². The number of para-hydroxylation sites is 2. The third-order valence-corrected chi connectivity index (χ3v) is 5.54. The molecule has 2 aromatic rings. The van der Waals surface area contributed by atoms with E-state index >= 15 is 0 Å². The van der Waals surface area contributed by atoms with Gasteiger partial charge in [0.15, 0.2) is 11.5 Å². The van der Waals surface area contributed by atoms with Gasteiger partial charge in [-0.3, -0.25) is 10.1 Å². The number of carbonyl (C=O) groups is 2. The van der Waals surface area contributed by atoms with Crippen LogP contribution in [0.25, 0.3) is 0 Å². The monoisotopic (exact) mass is 418 g/mol. The minimum Gasteiger partial charge on any atom is -0.485 e. The molecule has 1 aliphatic heterocycles. The van der Waals surface area contributed by atoms with Gasteiger partial charge in [-0.05, 0) is 25.0 Å². The van der Waals surface area contributed by atoms with Crippen LogP contribution in [0.1, 0.15) is 44.1 Å². The Hall–Kier alpha value is -2.75. The van der Waals surface area contributed by atoms with E-state index in [0.29, 0.717) is 11.5 Å². The number of imide groups is 1. The van der Waals surface area contributed by atoms with Crippen LogP contribution < -0.4 is 20.1 Å². The van der Waals surface area contributed by atoms with E-state index in [1.807, 2.05) is 18.2 Å². The Morgan fingerprint density at radius 3 is 2.72 bits per heavy atom. The number of urea groups is 1. The van der Waals surface area contributed by atoms with Gasteiger partial charge in [0.1, 0.15) is 6.61 Å². The van der Waals surface area contributed by atoms with Crippen molar-refractivity contribution in [2.75, 3.05) is 12.4 Å². The van der Waals surface area contributed by atoms with Crippen molar-refractivity contribution in [2.45, 2.75) is 49.5 Å². The number of fused-ring (bicyclic) bond motifs is 1. The van der Waals surface area contributed by atoms with Crippen molar-refractivity contribution in [3.63, 3.8) is 0 Å². The van der Waals surface area contributed by atoms with E-state index in [-0.39, 0.29) is 29.5 Å². The summed E-state index contributed by atoms with van der Waals surface area (Å²) in [5.74, 6) is 1.12. The maximum absolute atomic E-state index is 12.0. The lowest BCUT2D eigenvalue weighted by Gasteiger charge is -2.23. The molecule has 0 radical (unpaired) electrons. The molecule has 0 bridgehead atoms. The summed E-state index contributed by atoms with van der Waals surface area (Å²) < 4.78 is 17.0. The Kier molecular flexibility index (Phi) is 6.18. The van der Waals surface area contributed by atoms with Crippen molar-refractivity contribution < 1.29 is 23.5 Å². The number of thioether (sulfide) groups is 1. The summed E-state index contributed by atoms with van der Waals surface area (Å²) in [5, 5.41) is 13.3. The lowest BCUT2D eigenvalue weighted by molar-refractivity contribution is -0.117. The summed E-state index contributed by atoms with van der Waals surface area (Å²) >= 11 is 1.06. The Morgan fingerprint density at radius 2 is 1.90 bits per heavy atom. The van der Waals surface area contributed by atoms with E-state index in [1.54, 1.807) is 6.07 Å². The first kappa shape index (κ1) is 19.6. The fraction of sp³-hybridized carbons (Fsp3) is 0.474. The second-order valence-corrected chi connectivity index (χ2v) is 7.84. The number of nitrogens with one attached hydrogen (secondary N) is 2. The molecule has 10 heteroatoms. The van der Waals surface area contributed by atoms with Crippen LogP contribution in [0.15, 0.2) is 33.9 Å². The van der Waals surface area contributed by atoms with Crippen LogP contribution in [-0.2, 0) is 4.79 Å². The zero-order valence-corrected chi connectivity index (χ0v) is 16.6. The average molecular weight is 418 g/mol. The van der Waals surface area contributed by atoms with Crippen LogP contribution >= 0.6 is 11.8 Å². The predicted octanol–water partition coefficient (Wildman–Crippen LogP) is 2.83. The lowest BCUT2D eigenvalue weighted by atomic mass is 9.96. The van der Waals surface area contributed by atoms with Gasteiger partial charge >= 0.3 is 6.03 Å². The number of amides is 3. The van der Waals surface area contributed by atoms with Gasteiger partial charge in [-0.15, -0.1) is 10.2 Å². The van der Waals surface area contributed by atoms with Crippen molar-refractivity contribution in [3.05, 3.63) is 30.2 Å². The summed E-state index contributed by atoms with van der Waals surface area (Å²) in [6.07, 6.45) is 4.82. The fourth-order valence-electron chi connectivity index (χ4n) is 3.31. The van der Waals surface area contributed by atoms with Crippen LogP contribution in [0.3, 0.4) is 0 Å². The summed E-state index contributed by atoms with van der Waals surface area (Å²) in [5.41, 5.74) is 0. The first-order valence-corrected chi connectivity index (χ1v) is 10.6. The van der Waals surface area contributed by atoms with Gasteiger partial charge in [-0.25, -0.2) is 4.79 Å². The molecule has 1 aromatic heterocycles. The van der Waals surface area contributed by atoms with Gasteiger partial charge in [-0.2, -0.15) is 0 Å². The molecule has 3 amide bonds. The van der Waals surface area contributed by atoms with Crippen LogP contribution in [0.4, 0.5) is 4.79 Å². The number of hydrogen-bond donors (Lipinski definition) is 2. The van der Waals surface area contributed by atoms with Gasteiger partial charge in [0, 0.05) is 6.04 Å². The molecule has 1 atom stereocenters. The molecule has 2 N–H and O–H groups in total. The minimum atomic E-state index is -0.512. The zero-order chi connectivity index (χ0) is 20.1. The highest BCUT2D eigenvalue weighted by Gasteiger charge is 2.27. The van der Waals surface area contributed by atoms with E-state index in [4.69, 9.17) is 13.9 Å². The van der Waals surface area contributed by atoms with Crippen LogP contribution in [-0.4, -0.2) is 40.5 Å². The first-order valence-electron chi connectivity index (χ1n) is 9.62. The molecular weight excluding hydrogens is 396 g/mol. The largest absolute Gasteiger partial charge is 0.485 e. The standard InChI is InChI=1S/C19H22N4O5S/c24-16(21-18(25)20-12-6-2-1-3-7-12)11-29-19-23-22-17(28-19)15-10-26-13-8-4-5-9-14(13)27-15/h4-5,8-9,12,15H,1-3,6-7,10-11H2,(H2,20,21,24,25)/t15-/m1/s1. The van der Waals surface area contributed by atoms with Gasteiger partial charge in [0.25, 0.3) is 11.1 Å². The number of aromatic nitrogens is 2. The molecule has 154 valence electrons. The van der Waals surface area contributed by atoms with E-state index in [2.05, 4.69) is 20.8 Å². The molecule has 0 unspecified atom stereocenters. The quantitative estimate of drug-likeness (QED) is 0.712. The molecule has 1 aromatic carbocycles. The number of hydrogen-bond acceptors (Lipinski definition) is 8. The van der Waals surface area contributed by atoms with E-state index < -0.39 is 18.0 Å². The molecular formula is C19H22N4O5S. The number of ether oxygens (including phenoxy) is 2. The Morgan fingerprint density at radius 1 is 1.10 bits per heavy atom. The van der Waals surface area contributed by atoms with Gasteiger partial charge in [-0.1, -0.05) is 43.2 Å². The maximum atomic E-state index is 12.0. The summed E-state index contributed by atoms with van der Waals surface area (Å²) in [4.78, 5) is 23.9. The van der Waals surface area contributed by atoms with Crippen molar-refractivity contribution in [2.24, 2.45) is 0 Å². The molecule has 29 heavy (non-hydrogen) atoms. The maximum Gasteiger partial charge on any atom is 0.321 e. The lowest BCUT2D eigenvalue weighted by Crippen LogP contribution is -2.45. The highest BCUT2D eigenvalue weighted by atomic mass is 32.2. The molecule has 2 aliphatic rings. The van der Waals surface area contributed by atoms with E-state index in [0.717, 1.165) is 37.4 Å². The van der Waals surface area contributed by atoms with Gasteiger partial charge in [0.2, 0.25) is 12.0 Å². The van der Waals surface area contributed by atoms with E-state index in [1.165, 1.54) is 6.42 Å². The first-order chi connectivity index (χ1) is 14.2. The SMILES string of the molecule is O=C(CSc1nnc([C@H]2COc3ccccc3O2)o1)NC(=O)NC1CCCCC1. The number of carbonyl (C=O) groups excluding carboxylic acids is 2. The Bertz CT molecular complexity index is 868. The Balaban J connectivity index is 1.23. The van der Waals surface area contributed by atoms with Crippen LogP contribution in [0.5, 0.6) is 11.5 Å². The van der Waals surface area contributed by atoms with Crippen LogP contribution in [0.2, 0.25) is 0 Å². The summed E-state index contributed by atoms with van der Waals surface area (Å²) in [6.45, 7) is 0.255. The average Bonchev–Trinajstić information content (AvgIpc) is 3.22. The van der Waals surface area contributed by atoms with Crippen molar-refractivity contribution >= 4 is 23.7 Å². The molecule has 1 aliphatic carbocycles. The van der Waals surface area contributed by atoms with Crippen molar-refractivity contribution in [1.29, 1.82) is 0 Å². The topological polar surface area (TPSA) is 116 Å². The van der Waals surface area contributed by atoms with Gasteiger partial charge < -0.3 is 19.2 Å². The molecule has 1 saturated carbocycles. The predicted molar refractivity (Wildman–Crippen MR) is 104 cm³/mol. The number of benzene rings is 1. The molecule has 4 rings (SSSR count). The minimum absolute atomic E-state index is 0.00935.